The standard InChI is InChI=1S/C7H9NO6/c8-6(14)7(3-9,1-4(10)11)2-5(12)13/h3H,1-2H2,(H2,8,14)(H,10,11)(H,12,13). The number of carbonyl (C=O) groups is 4. The zero-order valence-corrected chi connectivity index (χ0v) is 7.10. The van der Waals surface area contributed by atoms with Gasteiger partial charge in [0.15, 0.2) is 0 Å². The van der Waals surface area contributed by atoms with Gasteiger partial charge >= 0.3 is 11.9 Å². The van der Waals surface area contributed by atoms with Crippen molar-refractivity contribution in [3.05, 3.63) is 0 Å². The van der Waals surface area contributed by atoms with Crippen LogP contribution in [0.5, 0.6) is 0 Å². The molecule has 0 saturated heterocycles. The Kier molecular flexibility index (Phi) is 3.76. The molecule has 0 aromatic heterocycles. The summed E-state index contributed by atoms with van der Waals surface area (Å²) in [5.41, 5.74) is 2.63. The van der Waals surface area contributed by atoms with Gasteiger partial charge in [0.25, 0.3) is 0 Å². The van der Waals surface area contributed by atoms with E-state index < -0.39 is 36.1 Å². The van der Waals surface area contributed by atoms with Crippen LogP contribution in [0.3, 0.4) is 0 Å². The highest BCUT2D eigenvalue weighted by atomic mass is 16.4. The monoisotopic (exact) mass is 203 g/mol. The van der Waals surface area contributed by atoms with Gasteiger partial charge < -0.3 is 20.7 Å². The van der Waals surface area contributed by atoms with Crippen molar-refractivity contribution < 1.29 is 29.4 Å². The lowest BCUT2D eigenvalue weighted by Crippen LogP contribution is -2.42. The molecule has 0 radical (unpaired) electrons. The van der Waals surface area contributed by atoms with Crippen molar-refractivity contribution in [3.8, 4) is 0 Å². The van der Waals surface area contributed by atoms with Gasteiger partial charge in [-0.05, 0) is 0 Å². The number of nitrogens with two attached hydrogens (primary N) is 1. The van der Waals surface area contributed by atoms with Crippen molar-refractivity contribution in [1.29, 1.82) is 0 Å². The summed E-state index contributed by atoms with van der Waals surface area (Å²) in [7, 11) is 0. The average Bonchev–Trinajstić information content (AvgIpc) is 2.00. The molecule has 0 heterocycles. The molecular weight excluding hydrogens is 194 g/mol. The zero-order chi connectivity index (χ0) is 11.4. The van der Waals surface area contributed by atoms with Gasteiger partial charge in [-0.3, -0.25) is 14.4 Å². The maximum absolute atomic E-state index is 10.8. The third kappa shape index (κ3) is 2.85. The number of rotatable bonds is 6. The molecule has 0 aliphatic carbocycles. The Bertz CT molecular complexity index is 268. The largest absolute Gasteiger partial charge is 0.481 e. The van der Waals surface area contributed by atoms with E-state index >= 15 is 0 Å². The van der Waals surface area contributed by atoms with E-state index in [-0.39, 0.29) is 6.29 Å². The van der Waals surface area contributed by atoms with Gasteiger partial charge in [0.05, 0.1) is 12.8 Å². The van der Waals surface area contributed by atoms with Crippen molar-refractivity contribution in [2.24, 2.45) is 11.1 Å². The summed E-state index contributed by atoms with van der Waals surface area (Å²) in [5, 5.41) is 16.8. The van der Waals surface area contributed by atoms with Crippen LogP contribution in [0.1, 0.15) is 12.8 Å². The molecule has 0 saturated carbocycles. The second-order valence-corrected chi connectivity index (χ2v) is 2.78. The van der Waals surface area contributed by atoms with Crippen molar-refractivity contribution in [2.45, 2.75) is 12.8 Å². The minimum atomic E-state index is -2.16. The molecular formula is C7H9NO6. The van der Waals surface area contributed by atoms with E-state index in [1.54, 1.807) is 0 Å². The van der Waals surface area contributed by atoms with Crippen molar-refractivity contribution >= 4 is 24.1 Å². The first-order valence-electron chi connectivity index (χ1n) is 3.54. The van der Waals surface area contributed by atoms with Crippen LogP contribution in [-0.2, 0) is 19.2 Å². The van der Waals surface area contributed by atoms with Crippen LogP contribution >= 0.6 is 0 Å². The predicted octanol–water partition coefficient (Wildman–Crippen LogP) is -1.39. The zero-order valence-electron chi connectivity index (χ0n) is 7.10. The van der Waals surface area contributed by atoms with Crippen LogP contribution < -0.4 is 5.73 Å². The van der Waals surface area contributed by atoms with E-state index in [1.165, 1.54) is 0 Å². The summed E-state index contributed by atoms with van der Waals surface area (Å²) in [6.45, 7) is 0. The summed E-state index contributed by atoms with van der Waals surface area (Å²) in [6.07, 6.45) is -1.87. The molecule has 0 spiro atoms. The van der Waals surface area contributed by atoms with Gasteiger partial charge in [-0.2, -0.15) is 0 Å². The third-order valence-corrected chi connectivity index (χ3v) is 1.65. The van der Waals surface area contributed by atoms with Crippen molar-refractivity contribution in [1.82, 2.24) is 0 Å². The number of carboxylic acids is 2. The highest BCUT2D eigenvalue weighted by Crippen LogP contribution is 2.23. The Labute approximate surface area is 78.5 Å². The fourth-order valence-corrected chi connectivity index (χ4v) is 0.918. The molecule has 0 atom stereocenters. The van der Waals surface area contributed by atoms with E-state index in [0.29, 0.717) is 0 Å². The van der Waals surface area contributed by atoms with Crippen LogP contribution in [0.15, 0.2) is 0 Å². The van der Waals surface area contributed by atoms with Crippen LogP contribution in [0.25, 0.3) is 0 Å². The first-order chi connectivity index (χ1) is 6.34. The predicted molar refractivity (Wildman–Crippen MR) is 42.2 cm³/mol. The number of aldehydes is 1. The topological polar surface area (TPSA) is 135 Å². The van der Waals surface area contributed by atoms with E-state index in [9.17, 15) is 19.2 Å². The summed E-state index contributed by atoms with van der Waals surface area (Å²) in [6, 6.07) is 0. The number of hydrogen-bond acceptors (Lipinski definition) is 4. The lowest BCUT2D eigenvalue weighted by atomic mass is 9.82. The normalized spacial score (nSPS) is 10.6. The van der Waals surface area contributed by atoms with Crippen LogP contribution in [0.4, 0.5) is 0 Å². The number of primary amides is 1. The number of carboxylic acid groups (broad SMARTS) is 2. The van der Waals surface area contributed by atoms with Gasteiger partial charge in [-0.25, -0.2) is 0 Å². The fraction of sp³-hybridized carbons (Fsp3) is 0.429. The van der Waals surface area contributed by atoms with Gasteiger partial charge in [-0.1, -0.05) is 0 Å². The number of amides is 1. The Hall–Kier alpha value is -1.92. The van der Waals surface area contributed by atoms with E-state index in [4.69, 9.17) is 15.9 Å². The fourth-order valence-electron chi connectivity index (χ4n) is 0.918. The van der Waals surface area contributed by atoms with E-state index in [0.717, 1.165) is 0 Å². The summed E-state index contributed by atoms with van der Waals surface area (Å²) < 4.78 is 0. The third-order valence-electron chi connectivity index (χ3n) is 1.65. The Morgan fingerprint density at radius 2 is 1.50 bits per heavy atom. The Balaban J connectivity index is 4.97. The number of aliphatic carboxylic acids is 2. The van der Waals surface area contributed by atoms with Crippen molar-refractivity contribution in [3.63, 3.8) is 0 Å². The highest BCUT2D eigenvalue weighted by molar-refractivity contribution is 6.01. The molecule has 7 heteroatoms. The minimum Gasteiger partial charge on any atom is -0.481 e. The van der Waals surface area contributed by atoms with Gasteiger partial charge in [0.1, 0.15) is 11.7 Å². The smallest absolute Gasteiger partial charge is 0.304 e. The number of carbonyl (C=O) groups excluding carboxylic acids is 2. The molecule has 0 fully saturated rings. The first-order valence-corrected chi connectivity index (χ1v) is 3.54. The Morgan fingerprint density at radius 3 is 1.64 bits per heavy atom. The quantitative estimate of drug-likeness (QED) is 0.359. The molecule has 7 nitrogen and oxygen atoms in total. The second-order valence-electron chi connectivity index (χ2n) is 2.78. The first kappa shape index (κ1) is 12.1. The average molecular weight is 203 g/mol. The lowest BCUT2D eigenvalue weighted by molar-refractivity contribution is -0.152. The van der Waals surface area contributed by atoms with Crippen LogP contribution in [0, 0.1) is 5.41 Å². The summed E-state index contributed by atoms with van der Waals surface area (Å²) in [5.74, 6) is -4.17. The number of hydrogen-bond donors (Lipinski definition) is 3. The van der Waals surface area contributed by atoms with Gasteiger partial charge in [-0.15, -0.1) is 0 Å². The molecule has 0 rings (SSSR count). The SMILES string of the molecule is NC(=O)C(C=O)(CC(=O)O)CC(=O)O. The molecule has 78 valence electrons. The van der Waals surface area contributed by atoms with E-state index in [2.05, 4.69) is 0 Å². The van der Waals surface area contributed by atoms with E-state index in [1.807, 2.05) is 0 Å². The molecule has 0 unspecified atom stereocenters. The Morgan fingerprint density at radius 1 is 1.14 bits per heavy atom. The van der Waals surface area contributed by atoms with Crippen LogP contribution in [0.2, 0.25) is 0 Å². The van der Waals surface area contributed by atoms with Crippen molar-refractivity contribution in [2.75, 3.05) is 0 Å². The minimum absolute atomic E-state index is 0.0302. The highest BCUT2D eigenvalue weighted by Gasteiger charge is 2.41. The molecule has 0 aromatic carbocycles. The maximum Gasteiger partial charge on any atom is 0.304 e. The lowest BCUT2D eigenvalue weighted by Gasteiger charge is -2.19. The summed E-state index contributed by atoms with van der Waals surface area (Å²) in [4.78, 5) is 41.9. The molecule has 1 amide bonds. The van der Waals surface area contributed by atoms with Gasteiger partial charge in [0, 0.05) is 0 Å². The molecule has 4 N–H and O–H groups in total. The molecule has 0 bridgehead atoms. The second kappa shape index (κ2) is 4.35. The summed E-state index contributed by atoms with van der Waals surface area (Å²) >= 11 is 0. The maximum atomic E-state index is 10.8. The van der Waals surface area contributed by atoms with Crippen LogP contribution in [-0.4, -0.2) is 34.3 Å². The van der Waals surface area contributed by atoms with Gasteiger partial charge in [0.2, 0.25) is 5.91 Å². The molecule has 0 aliphatic rings. The molecule has 14 heavy (non-hydrogen) atoms. The molecule has 0 aromatic rings. The molecule has 0 aliphatic heterocycles.